The summed E-state index contributed by atoms with van der Waals surface area (Å²) >= 11 is 0. The summed E-state index contributed by atoms with van der Waals surface area (Å²) in [4.78, 5) is 14.0. The van der Waals surface area contributed by atoms with Gasteiger partial charge >= 0.3 is 0 Å². The smallest absolute Gasteiger partial charge is 0.246 e. The number of rotatable bonds is 5. The number of benzene rings is 1. The number of nitrogens with zero attached hydrogens (tertiary/aromatic N) is 3. The largest absolute Gasteiger partial charge is 0.342 e. The summed E-state index contributed by atoms with van der Waals surface area (Å²) in [6.45, 7) is 4.79. The molecule has 1 atom stereocenters. The quantitative estimate of drug-likeness (QED) is 0.798. The summed E-state index contributed by atoms with van der Waals surface area (Å²) in [5.74, 6) is 0.311. The van der Waals surface area contributed by atoms with Crippen molar-refractivity contribution in [2.45, 2.75) is 18.9 Å². The molecule has 1 aliphatic rings. The fraction of sp³-hybridized carbons (Fsp3) is 0.263. The van der Waals surface area contributed by atoms with Gasteiger partial charge in [-0.2, -0.15) is 5.26 Å². The summed E-state index contributed by atoms with van der Waals surface area (Å²) < 4.78 is 1.78. The molecule has 1 amide bonds. The van der Waals surface area contributed by atoms with Crippen LogP contribution in [-0.4, -0.2) is 21.9 Å². The first-order valence-corrected chi connectivity index (χ1v) is 7.67. The average molecular weight is 305 g/mol. The molecule has 1 heterocycles. The number of hydrogen-bond acceptors (Lipinski definition) is 2. The maximum atomic E-state index is 12.2. The van der Waals surface area contributed by atoms with Crippen molar-refractivity contribution in [1.29, 1.82) is 5.26 Å². The molecule has 0 saturated carbocycles. The van der Waals surface area contributed by atoms with E-state index in [2.05, 4.69) is 30.8 Å². The third-order valence-electron chi connectivity index (χ3n) is 4.44. The van der Waals surface area contributed by atoms with Gasteiger partial charge in [-0.15, -0.1) is 0 Å². The van der Waals surface area contributed by atoms with E-state index in [0.717, 1.165) is 12.0 Å². The van der Waals surface area contributed by atoms with Crippen molar-refractivity contribution in [2.24, 2.45) is 7.05 Å². The van der Waals surface area contributed by atoms with Gasteiger partial charge in [0.05, 0.1) is 0 Å². The molecule has 1 aromatic heterocycles. The van der Waals surface area contributed by atoms with Crippen LogP contribution >= 0.6 is 0 Å². The van der Waals surface area contributed by atoms with Crippen LogP contribution in [0.1, 0.15) is 28.3 Å². The van der Waals surface area contributed by atoms with Gasteiger partial charge in [0.1, 0.15) is 11.8 Å². The fourth-order valence-corrected chi connectivity index (χ4v) is 3.20. The van der Waals surface area contributed by atoms with Crippen molar-refractivity contribution in [3.05, 3.63) is 71.6 Å². The minimum absolute atomic E-state index is 0.0725. The zero-order valence-electron chi connectivity index (χ0n) is 13.2. The highest BCUT2D eigenvalue weighted by molar-refractivity contribution is 5.87. The molecule has 0 radical (unpaired) electrons. The standard InChI is InChI=1S/C19H19N3O/c1-3-19(23)22(12-14-8-17(10-20)21(2)11-14)13-16-9-15-6-4-5-7-18(15)16/h3-8,11,16H,1,9,12-13H2,2H3. The van der Waals surface area contributed by atoms with Gasteiger partial charge in [0.15, 0.2) is 0 Å². The monoisotopic (exact) mass is 305 g/mol. The summed E-state index contributed by atoms with van der Waals surface area (Å²) in [5.41, 5.74) is 4.27. The minimum atomic E-state index is -0.0725. The maximum absolute atomic E-state index is 12.2. The SMILES string of the molecule is C=CC(=O)N(Cc1cc(C#N)n(C)c1)CC1Cc2ccccc21. The Labute approximate surface area is 136 Å². The molecule has 0 aliphatic heterocycles. The lowest BCUT2D eigenvalue weighted by Crippen LogP contribution is -2.36. The summed E-state index contributed by atoms with van der Waals surface area (Å²) in [7, 11) is 1.84. The van der Waals surface area contributed by atoms with Crippen molar-refractivity contribution in [3.63, 3.8) is 0 Å². The summed E-state index contributed by atoms with van der Waals surface area (Å²) in [5, 5.41) is 9.06. The van der Waals surface area contributed by atoms with Crippen LogP contribution < -0.4 is 0 Å². The van der Waals surface area contributed by atoms with Crippen LogP contribution in [0.2, 0.25) is 0 Å². The lowest BCUT2D eigenvalue weighted by molar-refractivity contribution is -0.127. The highest BCUT2D eigenvalue weighted by Crippen LogP contribution is 2.35. The van der Waals surface area contributed by atoms with Gasteiger partial charge in [0.25, 0.3) is 0 Å². The molecule has 1 aromatic carbocycles. The molecule has 3 rings (SSSR count). The Hall–Kier alpha value is -2.80. The first-order chi connectivity index (χ1) is 11.1. The van der Waals surface area contributed by atoms with Crippen LogP contribution in [0.4, 0.5) is 0 Å². The normalized spacial score (nSPS) is 15.2. The molecule has 1 aliphatic carbocycles. The molecule has 0 N–H and O–H groups in total. The predicted octanol–water partition coefficient (Wildman–Crippen LogP) is 2.75. The maximum Gasteiger partial charge on any atom is 0.246 e. The van der Waals surface area contributed by atoms with Gasteiger partial charge < -0.3 is 9.47 Å². The first kappa shape index (κ1) is 15.1. The van der Waals surface area contributed by atoms with Gasteiger partial charge in [-0.3, -0.25) is 4.79 Å². The number of hydrogen-bond donors (Lipinski definition) is 0. The molecular weight excluding hydrogens is 286 g/mol. The lowest BCUT2D eigenvalue weighted by atomic mass is 9.77. The van der Waals surface area contributed by atoms with E-state index in [0.29, 0.717) is 24.7 Å². The molecular formula is C19H19N3O. The zero-order chi connectivity index (χ0) is 16.4. The van der Waals surface area contributed by atoms with E-state index in [9.17, 15) is 4.79 Å². The average Bonchev–Trinajstić information content (AvgIpc) is 2.90. The Morgan fingerprint density at radius 2 is 2.30 bits per heavy atom. The minimum Gasteiger partial charge on any atom is -0.342 e. The Morgan fingerprint density at radius 1 is 1.52 bits per heavy atom. The van der Waals surface area contributed by atoms with E-state index in [1.807, 2.05) is 30.3 Å². The second-order valence-electron chi connectivity index (χ2n) is 5.98. The van der Waals surface area contributed by atoms with Crippen molar-refractivity contribution in [2.75, 3.05) is 6.54 Å². The van der Waals surface area contributed by atoms with E-state index >= 15 is 0 Å². The third-order valence-corrected chi connectivity index (χ3v) is 4.44. The van der Waals surface area contributed by atoms with Crippen LogP contribution in [0, 0.1) is 11.3 Å². The number of nitriles is 1. The van der Waals surface area contributed by atoms with Crippen LogP contribution in [0.5, 0.6) is 0 Å². The molecule has 0 spiro atoms. The van der Waals surface area contributed by atoms with Crippen LogP contribution in [0.3, 0.4) is 0 Å². The molecule has 2 aromatic rings. The molecule has 1 unspecified atom stereocenters. The molecule has 4 heteroatoms. The second kappa shape index (κ2) is 6.13. The van der Waals surface area contributed by atoms with Crippen molar-refractivity contribution in [1.82, 2.24) is 9.47 Å². The van der Waals surface area contributed by atoms with E-state index < -0.39 is 0 Å². The van der Waals surface area contributed by atoms with Crippen molar-refractivity contribution < 1.29 is 4.79 Å². The number of fused-ring (bicyclic) bond motifs is 1. The van der Waals surface area contributed by atoms with Gasteiger partial charge in [0.2, 0.25) is 5.91 Å². The zero-order valence-corrected chi connectivity index (χ0v) is 13.2. The molecule has 23 heavy (non-hydrogen) atoms. The Kier molecular flexibility index (Phi) is 4.03. The van der Waals surface area contributed by atoms with Gasteiger partial charge in [-0.25, -0.2) is 0 Å². The van der Waals surface area contributed by atoms with Crippen molar-refractivity contribution in [3.8, 4) is 6.07 Å². The van der Waals surface area contributed by atoms with Gasteiger partial charge in [-0.05, 0) is 35.3 Å². The summed E-state index contributed by atoms with van der Waals surface area (Å²) in [6.07, 6.45) is 4.27. The van der Waals surface area contributed by atoms with Crippen LogP contribution in [0.25, 0.3) is 0 Å². The number of aromatic nitrogens is 1. The number of aryl methyl sites for hydroxylation is 1. The van der Waals surface area contributed by atoms with Gasteiger partial charge in [-0.1, -0.05) is 30.8 Å². The highest BCUT2D eigenvalue weighted by Gasteiger charge is 2.28. The van der Waals surface area contributed by atoms with E-state index in [-0.39, 0.29) is 5.91 Å². The second-order valence-corrected chi connectivity index (χ2v) is 5.98. The van der Waals surface area contributed by atoms with Gasteiger partial charge in [0, 0.05) is 32.3 Å². The van der Waals surface area contributed by atoms with E-state index in [4.69, 9.17) is 5.26 Å². The highest BCUT2D eigenvalue weighted by atomic mass is 16.2. The molecule has 4 nitrogen and oxygen atoms in total. The van der Waals surface area contributed by atoms with Crippen LogP contribution in [0.15, 0.2) is 49.2 Å². The Morgan fingerprint density at radius 3 is 2.96 bits per heavy atom. The number of carbonyl (C=O) groups is 1. The summed E-state index contributed by atoms with van der Waals surface area (Å²) in [6, 6.07) is 12.3. The third kappa shape index (κ3) is 2.91. The first-order valence-electron chi connectivity index (χ1n) is 7.67. The molecule has 0 bridgehead atoms. The van der Waals surface area contributed by atoms with E-state index in [1.165, 1.54) is 17.2 Å². The Bertz CT molecular complexity index is 797. The predicted molar refractivity (Wildman–Crippen MR) is 88.6 cm³/mol. The fourth-order valence-electron chi connectivity index (χ4n) is 3.20. The molecule has 0 fully saturated rings. The molecule has 0 saturated heterocycles. The number of carbonyl (C=O) groups excluding carboxylic acids is 1. The van der Waals surface area contributed by atoms with Crippen LogP contribution in [-0.2, 0) is 24.8 Å². The lowest BCUT2D eigenvalue weighted by Gasteiger charge is -2.34. The number of amides is 1. The van der Waals surface area contributed by atoms with E-state index in [1.54, 1.807) is 4.57 Å². The van der Waals surface area contributed by atoms with Crippen molar-refractivity contribution >= 4 is 5.91 Å². The Balaban J connectivity index is 1.75. The molecule has 116 valence electrons. The topological polar surface area (TPSA) is 49.0 Å².